The SMILES string of the molecule is CCCOC(=O)c1cccc(COCCN)c1. The van der Waals surface area contributed by atoms with E-state index in [0.717, 1.165) is 12.0 Å². The van der Waals surface area contributed by atoms with Crippen molar-refractivity contribution in [3.63, 3.8) is 0 Å². The van der Waals surface area contributed by atoms with Crippen molar-refractivity contribution in [3.05, 3.63) is 35.4 Å². The predicted molar refractivity (Wildman–Crippen MR) is 65.7 cm³/mol. The maximum atomic E-state index is 11.6. The van der Waals surface area contributed by atoms with E-state index in [1.807, 2.05) is 19.1 Å². The number of esters is 1. The van der Waals surface area contributed by atoms with Gasteiger partial charge in [0.15, 0.2) is 0 Å². The number of ether oxygens (including phenoxy) is 2. The van der Waals surface area contributed by atoms with Gasteiger partial charge in [0.1, 0.15) is 0 Å². The number of rotatable bonds is 7. The van der Waals surface area contributed by atoms with Crippen molar-refractivity contribution in [2.24, 2.45) is 5.73 Å². The van der Waals surface area contributed by atoms with E-state index >= 15 is 0 Å². The Kier molecular flexibility index (Phi) is 6.29. The van der Waals surface area contributed by atoms with Gasteiger partial charge in [-0.05, 0) is 24.1 Å². The van der Waals surface area contributed by atoms with Crippen LogP contribution in [0.15, 0.2) is 24.3 Å². The smallest absolute Gasteiger partial charge is 0.338 e. The molecule has 0 amide bonds. The van der Waals surface area contributed by atoms with Crippen LogP contribution in [0.5, 0.6) is 0 Å². The molecule has 1 rings (SSSR count). The molecule has 0 saturated heterocycles. The fraction of sp³-hybridized carbons (Fsp3) is 0.462. The van der Waals surface area contributed by atoms with Gasteiger partial charge in [0.25, 0.3) is 0 Å². The Hall–Kier alpha value is -1.39. The van der Waals surface area contributed by atoms with Crippen LogP contribution in [0.3, 0.4) is 0 Å². The van der Waals surface area contributed by atoms with E-state index in [1.165, 1.54) is 0 Å². The van der Waals surface area contributed by atoms with E-state index in [0.29, 0.717) is 31.9 Å². The molecule has 0 atom stereocenters. The van der Waals surface area contributed by atoms with Gasteiger partial charge in [-0.15, -0.1) is 0 Å². The minimum atomic E-state index is -0.285. The third kappa shape index (κ3) is 4.97. The normalized spacial score (nSPS) is 10.2. The second-order valence-corrected chi connectivity index (χ2v) is 3.68. The average molecular weight is 237 g/mol. The topological polar surface area (TPSA) is 61.5 Å². The second kappa shape index (κ2) is 7.81. The summed E-state index contributed by atoms with van der Waals surface area (Å²) in [5, 5.41) is 0. The molecule has 4 nitrogen and oxygen atoms in total. The second-order valence-electron chi connectivity index (χ2n) is 3.68. The van der Waals surface area contributed by atoms with Crippen molar-refractivity contribution >= 4 is 5.97 Å². The Balaban J connectivity index is 2.55. The maximum absolute atomic E-state index is 11.6. The first kappa shape index (κ1) is 13.7. The molecule has 94 valence electrons. The third-order valence-electron chi connectivity index (χ3n) is 2.13. The molecular formula is C13H19NO3. The highest BCUT2D eigenvalue weighted by Crippen LogP contribution is 2.08. The third-order valence-corrected chi connectivity index (χ3v) is 2.13. The van der Waals surface area contributed by atoms with Crippen LogP contribution in [-0.2, 0) is 16.1 Å². The minimum absolute atomic E-state index is 0.285. The molecule has 0 saturated carbocycles. The lowest BCUT2D eigenvalue weighted by molar-refractivity contribution is 0.0504. The predicted octanol–water partition coefficient (Wildman–Crippen LogP) is 1.73. The molecule has 1 aromatic rings. The largest absolute Gasteiger partial charge is 0.462 e. The molecule has 0 aliphatic rings. The molecule has 0 aliphatic heterocycles. The van der Waals surface area contributed by atoms with Crippen molar-refractivity contribution in [1.82, 2.24) is 0 Å². The van der Waals surface area contributed by atoms with E-state index in [-0.39, 0.29) is 5.97 Å². The Bertz CT molecular complexity index is 352. The van der Waals surface area contributed by atoms with E-state index in [2.05, 4.69) is 0 Å². The summed E-state index contributed by atoms with van der Waals surface area (Å²) in [7, 11) is 0. The number of benzene rings is 1. The zero-order chi connectivity index (χ0) is 12.5. The highest BCUT2D eigenvalue weighted by atomic mass is 16.5. The van der Waals surface area contributed by atoms with Crippen molar-refractivity contribution in [2.45, 2.75) is 20.0 Å². The first-order valence-electron chi connectivity index (χ1n) is 5.81. The maximum Gasteiger partial charge on any atom is 0.338 e. The van der Waals surface area contributed by atoms with Crippen LogP contribution >= 0.6 is 0 Å². The molecule has 0 heterocycles. The lowest BCUT2D eigenvalue weighted by Crippen LogP contribution is -2.09. The number of hydrogen-bond donors (Lipinski definition) is 1. The summed E-state index contributed by atoms with van der Waals surface area (Å²) in [6.07, 6.45) is 0.824. The summed E-state index contributed by atoms with van der Waals surface area (Å²) in [4.78, 5) is 11.6. The minimum Gasteiger partial charge on any atom is -0.462 e. The van der Waals surface area contributed by atoms with Gasteiger partial charge in [0.05, 0.1) is 25.4 Å². The highest BCUT2D eigenvalue weighted by molar-refractivity contribution is 5.89. The first-order chi connectivity index (χ1) is 8.27. The summed E-state index contributed by atoms with van der Waals surface area (Å²) < 4.78 is 10.4. The highest BCUT2D eigenvalue weighted by Gasteiger charge is 2.06. The zero-order valence-electron chi connectivity index (χ0n) is 10.1. The van der Waals surface area contributed by atoms with Crippen LogP contribution in [-0.4, -0.2) is 25.7 Å². The summed E-state index contributed by atoms with van der Waals surface area (Å²) in [5.41, 5.74) is 6.84. The number of carbonyl (C=O) groups excluding carboxylic acids is 1. The van der Waals surface area contributed by atoms with Crippen LogP contribution in [0, 0.1) is 0 Å². The van der Waals surface area contributed by atoms with Gasteiger partial charge in [0.2, 0.25) is 0 Å². The first-order valence-corrected chi connectivity index (χ1v) is 5.81. The molecular weight excluding hydrogens is 218 g/mol. The summed E-state index contributed by atoms with van der Waals surface area (Å²) in [5.74, 6) is -0.285. The standard InChI is InChI=1S/C13H19NO3/c1-2-7-17-13(15)12-5-3-4-11(9-12)10-16-8-6-14/h3-5,9H,2,6-8,10,14H2,1H3. The van der Waals surface area contributed by atoms with Gasteiger partial charge in [-0.1, -0.05) is 19.1 Å². The van der Waals surface area contributed by atoms with Gasteiger partial charge in [-0.2, -0.15) is 0 Å². The summed E-state index contributed by atoms with van der Waals surface area (Å²) >= 11 is 0. The monoisotopic (exact) mass is 237 g/mol. The van der Waals surface area contributed by atoms with Crippen molar-refractivity contribution < 1.29 is 14.3 Å². The number of carbonyl (C=O) groups is 1. The summed E-state index contributed by atoms with van der Waals surface area (Å²) in [6.45, 7) is 3.89. The molecule has 0 bridgehead atoms. The van der Waals surface area contributed by atoms with Gasteiger partial charge in [-0.25, -0.2) is 4.79 Å². The van der Waals surface area contributed by atoms with Gasteiger partial charge in [-0.3, -0.25) is 0 Å². The molecule has 2 N–H and O–H groups in total. The van der Waals surface area contributed by atoms with Crippen LogP contribution in [0.1, 0.15) is 29.3 Å². The van der Waals surface area contributed by atoms with E-state index < -0.39 is 0 Å². The lowest BCUT2D eigenvalue weighted by atomic mass is 10.1. The number of hydrogen-bond acceptors (Lipinski definition) is 4. The van der Waals surface area contributed by atoms with Crippen molar-refractivity contribution in [3.8, 4) is 0 Å². The molecule has 4 heteroatoms. The van der Waals surface area contributed by atoms with Gasteiger partial charge in [0, 0.05) is 6.54 Å². The Morgan fingerprint density at radius 1 is 1.35 bits per heavy atom. The number of nitrogens with two attached hydrogens (primary N) is 1. The van der Waals surface area contributed by atoms with Crippen molar-refractivity contribution in [1.29, 1.82) is 0 Å². The molecule has 0 unspecified atom stereocenters. The fourth-order valence-electron chi connectivity index (χ4n) is 1.34. The Morgan fingerprint density at radius 2 is 2.18 bits per heavy atom. The Morgan fingerprint density at radius 3 is 2.88 bits per heavy atom. The zero-order valence-corrected chi connectivity index (χ0v) is 10.1. The van der Waals surface area contributed by atoms with Crippen LogP contribution in [0.4, 0.5) is 0 Å². The van der Waals surface area contributed by atoms with E-state index in [9.17, 15) is 4.79 Å². The Labute approximate surface area is 102 Å². The van der Waals surface area contributed by atoms with Crippen molar-refractivity contribution in [2.75, 3.05) is 19.8 Å². The van der Waals surface area contributed by atoms with Gasteiger partial charge < -0.3 is 15.2 Å². The molecule has 0 fully saturated rings. The average Bonchev–Trinajstić information content (AvgIpc) is 2.36. The lowest BCUT2D eigenvalue weighted by Gasteiger charge is -2.06. The fourth-order valence-corrected chi connectivity index (χ4v) is 1.34. The van der Waals surface area contributed by atoms with Crippen LogP contribution in [0.25, 0.3) is 0 Å². The molecule has 17 heavy (non-hydrogen) atoms. The van der Waals surface area contributed by atoms with Gasteiger partial charge >= 0.3 is 5.97 Å². The molecule has 0 aromatic heterocycles. The van der Waals surface area contributed by atoms with E-state index in [1.54, 1.807) is 12.1 Å². The van der Waals surface area contributed by atoms with Crippen LogP contribution < -0.4 is 5.73 Å². The molecule has 1 aromatic carbocycles. The van der Waals surface area contributed by atoms with E-state index in [4.69, 9.17) is 15.2 Å². The summed E-state index contributed by atoms with van der Waals surface area (Å²) in [6, 6.07) is 7.26. The molecule has 0 aliphatic carbocycles. The molecule has 0 radical (unpaired) electrons. The quantitative estimate of drug-likeness (QED) is 0.579. The molecule has 0 spiro atoms. The van der Waals surface area contributed by atoms with Crippen LogP contribution in [0.2, 0.25) is 0 Å².